The lowest BCUT2D eigenvalue weighted by Crippen LogP contribution is -2.25. The van der Waals surface area contributed by atoms with Crippen molar-refractivity contribution in [3.05, 3.63) is 29.8 Å². The quantitative estimate of drug-likeness (QED) is 0.699. The SMILES string of the molecule is CN(Cc1ccc(S(C)=O)cc1)C(=O)CCCCCCN.Cl. The average molecular weight is 347 g/mol. The van der Waals surface area contributed by atoms with E-state index in [-0.39, 0.29) is 18.3 Å². The van der Waals surface area contributed by atoms with E-state index in [4.69, 9.17) is 5.73 Å². The van der Waals surface area contributed by atoms with Crippen LogP contribution >= 0.6 is 12.4 Å². The molecule has 1 rings (SSSR count). The lowest BCUT2D eigenvalue weighted by Gasteiger charge is -2.17. The topological polar surface area (TPSA) is 63.4 Å². The molecule has 2 N–H and O–H groups in total. The van der Waals surface area contributed by atoms with Gasteiger partial charge in [0.15, 0.2) is 0 Å². The summed E-state index contributed by atoms with van der Waals surface area (Å²) in [4.78, 5) is 14.6. The Balaban J connectivity index is 0.00000441. The lowest BCUT2D eigenvalue weighted by atomic mass is 10.1. The molecule has 0 aliphatic heterocycles. The maximum Gasteiger partial charge on any atom is 0.222 e. The third kappa shape index (κ3) is 7.92. The van der Waals surface area contributed by atoms with Gasteiger partial charge in [-0.25, -0.2) is 0 Å². The molecular formula is C16H27ClN2O2S. The maximum atomic E-state index is 12.0. The molecule has 0 aromatic heterocycles. The predicted octanol–water partition coefficient (Wildman–Crippen LogP) is 2.71. The number of benzene rings is 1. The number of unbranched alkanes of at least 4 members (excludes halogenated alkanes) is 3. The molecular weight excluding hydrogens is 320 g/mol. The zero-order valence-corrected chi connectivity index (χ0v) is 15.0. The molecule has 0 aliphatic rings. The standard InChI is InChI=1S/C16H26N2O2S.ClH/c1-18(16(19)7-5-3-4-6-12-17)13-14-8-10-15(11-9-14)21(2)20;/h8-11H,3-7,12-13,17H2,1-2H3;1H. The van der Waals surface area contributed by atoms with Gasteiger partial charge in [-0.1, -0.05) is 25.0 Å². The molecule has 0 heterocycles. The minimum absolute atomic E-state index is 0. The second-order valence-electron chi connectivity index (χ2n) is 5.30. The van der Waals surface area contributed by atoms with Crippen molar-refractivity contribution >= 4 is 29.1 Å². The van der Waals surface area contributed by atoms with Crippen molar-refractivity contribution in [2.45, 2.75) is 43.5 Å². The van der Waals surface area contributed by atoms with E-state index in [2.05, 4.69) is 0 Å². The Bertz CT molecular complexity index is 466. The highest BCUT2D eigenvalue weighted by Gasteiger charge is 2.09. The van der Waals surface area contributed by atoms with E-state index in [1.165, 1.54) is 0 Å². The number of nitrogens with two attached hydrogens (primary N) is 1. The summed E-state index contributed by atoms with van der Waals surface area (Å²) in [5.74, 6) is 0.172. The summed E-state index contributed by atoms with van der Waals surface area (Å²) in [5, 5.41) is 0. The summed E-state index contributed by atoms with van der Waals surface area (Å²) in [7, 11) is 0.872. The second-order valence-corrected chi connectivity index (χ2v) is 6.68. The molecule has 1 amide bonds. The Labute approximate surface area is 142 Å². The van der Waals surface area contributed by atoms with Crippen LogP contribution in [0.1, 0.15) is 37.7 Å². The fourth-order valence-corrected chi connectivity index (χ4v) is 2.63. The van der Waals surface area contributed by atoms with E-state index in [9.17, 15) is 9.00 Å². The first-order valence-corrected chi connectivity index (χ1v) is 8.97. The van der Waals surface area contributed by atoms with E-state index < -0.39 is 10.8 Å². The van der Waals surface area contributed by atoms with Crippen molar-refractivity contribution < 1.29 is 9.00 Å². The molecule has 0 spiro atoms. The summed E-state index contributed by atoms with van der Waals surface area (Å²) in [6.45, 7) is 1.32. The van der Waals surface area contributed by atoms with Crippen LogP contribution in [0.3, 0.4) is 0 Å². The first-order valence-electron chi connectivity index (χ1n) is 7.41. The number of nitrogens with zero attached hydrogens (tertiary/aromatic N) is 1. The van der Waals surface area contributed by atoms with Crippen LogP contribution in [-0.2, 0) is 22.1 Å². The predicted molar refractivity (Wildman–Crippen MR) is 94.6 cm³/mol. The second kappa shape index (κ2) is 11.6. The molecule has 1 atom stereocenters. The minimum Gasteiger partial charge on any atom is -0.341 e. The summed E-state index contributed by atoms with van der Waals surface area (Å²) in [6.07, 6.45) is 6.39. The van der Waals surface area contributed by atoms with Gasteiger partial charge in [-0.3, -0.25) is 9.00 Å². The van der Waals surface area contributed by atoms with Crippen molar-refractivity contribution in [2.75, 3.05) is 19.8 Å². The van der Waals surface area contributed by atoms with E-state index in [0.717, 1.165) is 42.7 Å². The number of halogens is 1. The highest BCUT2D eigenvalue weighted by Crippen LogP contribution is 2.11. The molecule has 126 valence electrons. The zero-order valence-electron chi connectivity index (χ0n) is 13.4. The smallest absolute Gasteiger partial charge is 0.222 e. The molecule has 1 unspecified atom stereocenters. The van der Waals surface area contributed by atoms with Crippen LogP contribution < -0.4 is 5.73 Å². The largest absolute Gasteiger partial charge is 0.341 e. The highest BCUT2D eigenvalue weighted by molar-refractivity contribution is 7.84. The van der Waals surface area contributed by atoms with Gasteiger partial charge in [-0.15, -0.1) is 12.4 Å². The van der Waals surface area contributed by atoms with Gasteiger partial charge in [-0.05, 0) is 37.1 Å². The summed E-state index contributed by atoms with van der Waals surface area (Å²) < 4.78 is 11.3. The molecule has 0 saturated carbocycles. The van der Waals surface area contributed by atoms with Crippen molar-refractivity contribution in [3.63, 3.8) is 0 Å². The van der Waals surface area contributed by atoms with Crippen molar-refractivity contribution in [1.29, 1.82) is 0 Å². The van der Waals surface area contributed by atoms with Gasteiger partial charge in [-0.2, -0.15) is 0 Å². The van der Waals surface area contributed by atoms with Crippen LogP contribution in [0.2, 0.25) is 0 Å². The number of carbonyl (C=O) groups excluding carboxylic acids is 1. The van der Waals surface area contributed by atoms with Gasteiger partial charge in [0, 0.05) is 42.0 Å². The zero-order chi connectivity index (χ0) is 15.7. The van der Waals surface area contributed by atoms with Gasteiger partial charge >= 0.3 is 0 Å². The normalized spacial score (nSPS) is 11.6. The maximum absolute atomic E-state index is 12.0. The van der Waals surface area contributed by atoms with Crippen LogP contribution in [0.15, 0.2) is 29.2 Å². The fourth-order valence-electron chi connectivity index (χ4n) is 2.11. The number of hydrogen-bond acceptors (Lipinski definition) is 3. The molecule has 0 fully saturated rings. The minimum atomic E-state index is -0.955. The van der Waals surface area contributed by atoms with Crippen molar-refractivity contribution in [1.82, 2.24) is 4.90 Å². The third-order valence-electron chi connectivity index (χ3n) is 3.45. The van der Waals surface area contributed by atoms with Crippen molar-refractivity contribution in [3.8, 4) is 0 Å². The van der Waals surface area contributed by atoms with Crippen LogP contribution in [0.25, 0.3) is 0 Å². The van der Waals surface area contributed by atoms with Gasteiger partial charge < -0.3 is 10.6 Å². The Hall–Kier alpha value is -0.910. The number of amides is 1. The summed E-state index contributed by atoms with van der Waals surface area (Å²) in [6, 6.07) is 7.58. The van der Waals surface area contributed by atoms with E-state index in [1.54, 1.807) is 11.2 Å². The Morgan fingerprint density at radius 2 is 1.73 bits per heavy atom. The molecule has 22 heavy (non-hydrogen) atoms. The highest BCUT2D eigenvalue weighted by atomic mass is 35.5. The first kappa shape index (κ1) is 21.1. The van der Waals surface area contributed by atoms with Crippen molar-refractivity contribution in [2.24, 2.45) is 5.73 Å². The fraction of sp³-hybridized carbons (Fsp3) is 0.562. The van der Waals surface area contributed by atoms with Gasteiger partial charge in [0.05, 0.1) is 0 Å². The molecule has 0 aliphatic carbocycles. The lowest BCUT2D eigenvalue weighted by molar-refractivity contribution is -0.130. The molecule has 1 aromatic rings. The van der Waals surface area contributed by atoms with E-state index in [0.29, 0.717) is 13.0 Å². The molecule has 6 heteroatoms. The first-order chi connectivity index (χ1) is 10.0. The van der Waals surface area contributed by atoms with Gasteiger partial charge in [0.1, 0.15) is 0 Å². The molecule has 0 saturated heterocycles. The summed E-state index contributed by atoms with van der Waals surface area (Å²) in [5.41, 5.74) is 6.50. The Morgan fingerprint density at radius 1 is 1.14 bits per heavy atom. The monoisotopic (exact) mass is 346 g/mol. The Kier molecular flexibility index (Phi) is 11.1. The molecule has 1 aromatic carbocycles. The number of hydrogen-bond donors (Lipinski definition) is 1. The molecule has 4 nitrogen and oxygen atoms in total. The molecule has 0 bridgehead atoms. The van der Waals surface area contributed by atoms with E-state index in [1.807, 2.05) is 31.3 Å². The van der Waals surface area contributed by atoms with Crippen LogP contribution in [0.5, 0.6) is 0 Å². The summed E-state index contributed by atoms with van der Waals surface area (Å²) >= 11 is 0. The van der Waals surface area contributed by atoms with Gasteiger partial charge in [0.2, 0.25) is 5.91 Å². The molecule has 0 radical (unpaired) electrons. The third-order valence-corrected chi connectivity index (χ3v) is 4.38. The van der Waals surface area contributed by atoms with E-state index >= 15 is 0 Å². The average Bonchev–Trinajstić information content (AvgIpc) is 2.47. The Morgan fingerprint density at radius 3 is 2.27 bits per heavy atom. The van der Waals surface area contributed by atoms with Crippen LogP contribution in [0, 0.1) is 0 Å². The van der Waals surface area contributed by atoms with Gasteiger partial charge in [0.25, 0.3) is 0 Å². The number of carbonyl (C=O) groups is 1. The van der Waals surface area contributed by atoms with Crippen LogP contribution in [-0.4, -0.2) is 34.9 Å². The number of rotatable bonds is 9. The van der Waals surface area contributed by atoms with Crippen LogP contribution in [0.4, 0.5) is 0 Å².